The van der Waals surface area contributed by atoms with E-state index in [1.54, 1.807) is 12.1 Å². The third kappa shape index (κ3) is 2.66. The number of benzene rings is 2. The van der Waals surface area contributed by atoms with Gasteiger partial charge in [0.1, 0.15) is 17.4 Å². The first-order valence-electron chi connectivity index (χ1n) is 6.84. The van der Waals surface area contributed by atoms with Crippen molar-refractivity contribution >= 4 is 11.5 Å². The zero-order valence-corrected chi connectivity index (χ0v) is 11.4. The second-order valence-electron chi connectivity index (χ2n) is 5.58. The van der Waals surface area contributed by atoms with E-state index in [0.717, 1.165) is 24.5 Å². The zero-order valence-electron chi connectivity index (χ0n) is 11.4. The number of hydrogen-bond donors (Lipinski definition) is 1. The fraction of sp³-hybridized carbons (Fsp3) is 0.235. The summed E-state index contributed by atoms with van der Waals surface area (Å²) in [5, 5.41) is 0. The highest BCUT2D eigenvalue weighted by atomic mass is 19.1. The summed E-state index contributed by atoms with van der Waals surface area (Å²) in [6, 6.07) is 10.5. The third-order valence-corrected chi connectivity index (χ3v) is 4.03. The van der Waals surface area contributed by atoms with E-state index in [1.165, 1.54) is 12.1 Å². The fourth-order valence-corrected chi connectivity index (χ4v) is 2.72. The SMILES string of the molecule is Nc1ccc(C2(C(=O)Cc3cc(F)cc(F)c3)CC2)cc1. The Labute approximate surface area is 121 Å². The first-order valence-corrected chi connectivity index (χ1v) is 6.84. The second kappa shape index (κ2) is 4.95. The molecule has 0 heterocycles. The van der Waals surface area contributed by atoms with Crippen LogP contribution in [0.5, 0.6) is 0 Å². The predicted octanol–water partition coefficient (Wildman–Crippen LogP) is 3.39. The lowest BCUT2D eigenvalue weighted by Gasteiger charge is -2.15. The Morgan fingerprint density at radius 3 is 2.14 bits per heavy atom. The van der Waals surface area contributed by atoms with Crippen molar-refractivity contribution in [2.24, 2.45) is 0 Å². The molecule has 0 unspecified atom stereocenters. The van der Waals surface area contributed by atoms with E-state index >= 15 is 0 Å². The molecule has 2 nitrogen and oxygen atoms in total. The summed E-state index contributed by atoms with van der Waals surface area (Å²) < 4.78 is 26.4. The Morgan fingerprint density at radius 1 is 1.05 bits per heavy atom. The number of anilines is 1. The van der Waals surface area contributed by atoms with Gasteiger partial charge in [-0.15, -0.1) is 0 Å². The van der Waals surface area contributed by atoms with Crippen LogP contribution >= 0.6 is 0 Å². The van der Waals surface area contributed by atoms with Crippen molar-refractivity contribution in [2.75, 3.05) is 5.73 Å². The number of hydrogen-bond acceptors (Lipinski definition) is 2. The van der Waals surface area contributed by atoms with Crippen LogP contribution in [0.1, 0.15) is 24.0 Å². The standard InChI is InChI=1S/C17H15F2NO/c18-13-7-11(8-14(19)10-13)9-16(21)17(5-6-17)12-1-3-15(20)4-2-12/h1-4,7-8,10H,5-6,9,20H2. The lowest BCUT2D eigenvalue weighted by Crippen LogP contribution is -2.22. The molecule has 2 N–H and O–H groups in total. The van der Waals surface area contributed by atoms with Crippen LogP contribution in [0.25, 0.3) is 0 Å². The van der Waals surface area contributed by atoms with E-state index in [2.05, 4.69) is 0 Å². The van der Waals surface area contributed by atoms with Crippen molar-refractivity contribution in [2.45, 2.75) is 24.7 Å². The lowest BCUT2D eigenvalue weighted by molar-refractivity contribution is -0.120. The highest BCUT2D eigenvalue weighted by Gasteiger charge is 2.50. The summed E-state index contributed by atoms with van der Waals surface area (Å²) in [5.74, 6) is -1.32. The van der Waals surface area contributed by atoms with Gasteiger partial charge in [0.15, 0.2) is 0 Å². The molecule has 21 heavy (non-hydrogen) atoms. The number of rotatable bonds is 4. The molecule has 0 aliphatic heterocycles. The Bertz CT molecular complexity index is 670. The van der Waals surface area contributed by atoms with Gasteiger partial charge < -0.3 is 5.73 Å². The highest BCUT2D eigenvalue weighted by Crippen LogP contribution is 2.49. The molecule has 0 saturated heterocycles. The number of ketones is 1. The van der Waals surface area contributed by atoms with Crippen LogP contribution in [0.15, 0.2) is 42.5 Å². The van der Waals surface area contributed by atoms with Crippen LogP contribution in [-0.2, 0) is 16.6 Å². The molecule has 0 bridgehead atoms. The average Bonchev–Trinajstić information content (AvgIpc) is 3.19. The van der Waals surface area contributed by atoms with Gasteiger partial charge in [-0.2, -0.15) is 0 Å². The Kier molecular flexibility index (Phi) is 3.24. The van der Waals surface area contributed by atoms with E-state index < -0.39 is 17.0 Å². The van der Waals surface area contributed by atoms with Gasteiger partial charge in [0, 0.05) is 18.2 Å². The monoisotopic (exact) mass is 287 g/mol. The first-order chi connectivity index (χ1) is 9.99. The molecule has 0 amide bonds. The van der Waals surface area contributed by atoms with Crippen LogP contribution in [0.2, 0.25) is 0 Å². The maximum absolute atomic E-state index is 13.2. The highest BCUT2D eigenvalue weighted by molar-refractivity contribution is 5.94. The van der Waals surface area contributed by atoms with Gasteiger partial charge in [0.05, 0.1) is 5.41 Å². The van der Waals surface area contributed by atoms with E-state index in [1.807, 2.05) is 12.1 Å². The van der Waals surface area contributed by atoms with Gasteiger partial charge in [-0.05, 0) is 48.2 Å². The topological polar surface area (TPSA) is 43.1 Å². The molecule has 4 heteroatoms. The molecule has 1 aliphatic rings. The minimum absolute atomic E-state index is 0.00253. The minimum Gasteiger partial charge on any atom is -0.399 e. The third-order valence-electron chi connectivity index (χ3n) is 4.03. The number of halogens is 2. The molecule has 0 spiro atoms. The fourth-order valence-electron chi connectivity index (χ4n) is 2.72. The van der Waals surface area contributed by atoms with Crippen molar-refractivity contribution in [1.29, 1.82) is 0 Å². The zero-order chi connectivity index (χ0) is 15.0. The largest absolute Gasteiger partial charge is 0.399 e. The maximum atomic E-state index is 13.2. The van der Waals surface area contributed by atoms with Crippen molar-refractivity contribution in [3.8, 4) is 0 Å². The minimum atomic E-state index is -0.657. The molecule has 3 rings (SSSR count). The van der Waals surface area contributed by atoms with Crippen molar-refractivity contribution in [3.63, 3.8) is 0 Å². The molecule has 1 aliphatic carbocycles. The molecule has 1 fully saturated rings. The number of nitrogens with two attached hydrogens (primary N) is 1. The van der Waals surface area contributed by atoms with Gasteiger partial charge in [0.2, 0.25) is 0 Å². The van der Waals surface area contributed by atoms with E-state index in [9.17, 15) is 13.6 Å². The maximum Gasteiger partial charge on any atom is 0.147 e. The van der Waals surface area contributed by atoms with Crippen LogP contribution in [0, 0.1) is 11.6 Å². The van der Waals surface area contributed by atoms with E-state index in [4.69, 9.17) is 5.73 Å². The molecule has 108 valence electrons. The Hall–Kier alpha value is -2.23. The number of nitrogen functional groups attached to an aromatic ring is 1. The quantitative estimate of drug-likeness (QED) is 0.876. The summed E-state index contributed by atoms with van der Waals surface area (Å²) in [6.07, 6.45) is 1.58. The van der Waals surface area contributed by atoms with Gasteiger partial charge in [-0.25, -0.2) is 8.78 Å². The van der Waals surface area contributed by atoms with Crippen LogP contribution in [-0.4, -0.2) is 5.78 Å². The average molecular weight is 287 g/mol. The molecular formula is C17H15F2NO. The molecule has 0 aromatic heterocycles. The summed E-state index contributed by atoms with van der Waals surface area (Å²) in [4.78, 5) is 12.5. The van der Waals surface area contributed by atoms with Crippen molar-refractivity contribution in [1.82, 2.24) is 0 Å². The van der Waals surface area contributed by atoms with E-state index in [0.29, 0.717) is 11.3 Å². The molecule has 1 saturated carbocycles. The lowest BCUT2D eigenvalue weighted by atomic mass is 9.88. The first kappa shape index (κ1) is 13.7. The summed E-state index contributed by atoms with van der Waals surface area (Å²) in [6.45, 7) is 0. The normalized spacial score (nSPS) is 15.7. The van der Waals surface area contributed by atoms with Crippen molar-refractivity contribution in [3.05, 3.63) is 65.2 Å². The van der Waals surface area contributed by atoms with Gasteiger partial charge >= 0.3 is 0 Å². The van der Waals surface area contributed by atoms with Crippen molar-refractivity contribution < 1.29 is 13.6 Å². The summed E-state index contributed by atoms with van der Waals surface area (Å²) in [5.41, 5.74) is 7.10. The molecule has 0 radical (unpaired) electrons. The van der Waals surface area contributed by atoms with Crippen LogP contribution in [0.3, 0.4) is 0 Å². The number of Topliss-reactive ketones (excluding diaryl/α,β-unsaturated/α-hetero) is 1. The van der Waals surface area contributed by atoms with Gasteiger partial charge in [0.25, 0.3) is 0 Å². The number of carbonyl (C=O) groups excluding carboxylic acids is 1. The van der Waals surface area contributed by atoms with E-state index in [-0.39, 0.29) is 12.2 Å². The Morgan fingerprint density at radius 2 is 1.62 bits per heavy atom. The number of carbonyl (C=O) groups is 1. The smallest absolute Gasteiger partial charge is 0.147 e. The Balaban J connectivity index is 1.83. The molecule has 0 atom stereocenters. The van der Waals surface area contributed by atoms with Crippen LogP contribution in [0.4, 0.5) is 14.5 Å². The molecular weight excluding hydrogens is 272 g/mol. The summed E-state index contributed by atoms with van der Waals surface area (Å²) in [7, 11) is 0. The van der Waals surface area contributed by atoms with Gasteiger partial charge in [-0.3, -0.25) is 4.79 Å². The summed E-state index contributed by atoms with van der Waals surface area (Å²) >= 11 is 0. The molecule has 2 aromatic carbocycles. The van der Waals surface area contributed by atoms with Crippen LogP contribution < -0.4 is 5.73 Å². The van der Waals surface area contributed by atoms with Gasteiger partial charge in [-0.1, -0.05) is 12.1 Å². The predicted molar refractivity (Wildman–Crippen MR) is 76.8 cm³/mol. The second-order valence-corrected chi connectivity index (χ2v) is 5.58. The molecule has 2 aromatic rings.